The average molecular weight is 464 g/mol. The molecule has 3 N–H and O–H groups in total. The summed E-state index contributed by atoms with van der Waals surface area (Å²) < 4.78 is 1.65. The van der Waals surface area contributed by atoms with Crippen LogP contribution in [0.25, 0.3) is 11.3 Å². The number of hydrogen-bond acceptors (Lipinski definition) is 5. The second-order valence-electron chi connectivity index (χ2n) is 7.60. The molecule has 5 rings (SSSR count). The summed E-state index contributed by atoms with van der Waals surface area (Å²) in [6.07, 6.45) is -0.555. The minimum Gasteiger partial charge on any atom is -0.506 e. The monoisotopic (exact) mass is 463 g/mol. The molecule has 1 atom stereocenters. The first-order valence-corrected chi connectivity index (χ1v) is 11.5. The van der Waals surface area contributed by atoms with Crippen molar-refractivity contribution in [3.8, 4) is 17.0 Å². The molecule has 0 amide bonds. The van der Waals surface area contributed by atoms with Gasteiger partial charge in [0.1, 0.15) is 5.75 Å². The first kappa shape index (κ1) is 20.6. The van der Waals surface area contributed by atoms with Crippen molar-refractivity contribution in [3.63, 3.8) is 0 Å². The standard InChI is InChI=1S/C24H19ClN4O2S/c1-14-9-11-15(12-10-14)13-32-24-27-23(31)21-16-5-2-3-7-18(16)26-22(29(21)28-24)17-6-4-8-19(30)20(17)25/h2-12,22H,13H2,1H3,(H2,27,28,30,31)/p+1/t22-/m0/s1. The molecule has 32 heavy (non-hydrogen) atoms. The number of thioether (sulfide) groups is 1. The third kappa shape index (κ3) is 3.74. The van der Waals surface area contributed by atoms with E-state index in [9.17, 15) is 9.90 Å². The molecule has 0 saturated carbocycles. The van der Waals surface area contributed by atoms with E-state index >= 15 is 0 Å². The van der Waals surface area contributed by atoms with E-state index in [0.717, 1.165) is 16.8 Å². The minimum atomic E-state index is -0.555. The van der Waals surface area contributed by atoms with Crippen LogP contribution >= 0.6 is 23.4 Å². The molecule has 1 aliphatic rings. The van der Waals surface area contributed by atoms with Crippen LogP contribution in [0.2, 0.25) is 5.02 Å². The lowest BCUT2D eigenvalue weighted by molar-refractivity contribution is -0.759. The van der Waals surface area contributed by atoms with Gasteiger partial charge in [0.2, 0.25) is 5.16 Å². The van der Waals surface area contributed by atoms with Crippen molar-refractivity contribution in [2.45, 2.75) is 24.0 Å². The van der Waals surface area contributed by atoms with Crippen molar-refractivity contribution in [3.05, 3.63) is 98.8 Å². The van der Waals surface area contributed by atoms with Gasteiger partial charge in [0.05, 0.1) is 21.8 Å². The number of para-hydroxylation sites is 1. The number of aromatic nitrogens is 3. The molecular weight excluding hydrogens is 444 g/mol. The number of phenolic OH excluding ortho intramolecular Hbond substituents is 1. The zero-order chi connectivity index (χ0) is 22.2. The number of H-pyrrole nitrogens is 1. The van der Waals surface area contributed by atoms with Crippen molar-refractivity contribution in [1.82, 2.24) is 10.1 Å². The number of nitrogens with zero attached hydrogens (tertiary/aromatic N) is 2. The molecule has 1 aliphatic heterocycles. The largest absolute Gasteiger partial charge is 0.506 e. The van der Waals surface area contributed by atoms with E-state index in [1.165, 1.54) is 23.4 Å². The molecule has 0 spiro atoms. The molecule has 160 valence electrons. The van der Waals surface area contributed by atoms with Crippen LogP contribution in [0.15, 0.2) is 76.7 Å². The Morgan fingerprint density at radius 3 is 2.69 bits per heavy atom. The highest BCUT2D eigenvalue weighted by Gasteiger charge is 2.39. The Hall–Kier alpha value is -3.29. The zero-order valence-electron chi connectivity index (χ0n) is 17.2. The van der Waals surface area contributed by atoms with Crippen molar-refractivity contribution < 1.29 is 9.79 Å². The summed E-state index contributed by atoms with van der Waals surface area (Å²) in [7, 11) is 0. The van der Waals surface area contributed by atoms with E-state index in [4.69, 9.17) is 16.7 Å². The van der Waals surface area contributed by atoms with E-state index in [1.807, 2.05) is 37.3 Å². The summed E-state index contributed by atoms with van der Waals surface area (Å²) >= 11 is 7.89. The maximum Gasteiger partial charge on any atom is 0.325 e. The molecule has 4 aromatic rings. The molecule has 0 bridgehead atoms. The van der Waals surface area contributed by atoms with Crippen LogP contribution in [0.5, 0.6) is 5.75 Å². The van der Waals surface area contributed by atoms with Crippen molar-refractivity contribution in [1.29, 1.82) is 0 Å². The molecular formula is C24H20ClN4O2S+. The third-order valence-corrected chi connectivity index (χ3v) is 6.73. The van der Waals surface area contributed by atoms with Gasteiger partial charge in [-0.25, -0.2) is 0 Å². The third-order valence-electron chi connectivity index (χ3n) is 5.38. The first-order chi connectivity index (χ1) is 15.5. The SMILES string of the molecule is Cc1ccc(CSc2n[n+]3c(c(=O)[nH]2)-c2ccccc2N[C@@H]3c2cccc(O)c2Cl)cc1. The average Bonchev–Trinajstić information content (AvgIpc) is 2.80. The fraction of sp³-hybridized carbons (Fsp3) is 0.125. The Labute approximate surface area is 193 Å². The van der Waals surface area contributed by atoms with Gasteiger partial charge in [-0.15, -0.1) is 0 Å². The summed E-state index contributed by atoms with van der Waals surface area (Å²) in [6, 6.07) is 20.9. The van der Waals surface area contributed by atoms with Crippen LogP contribution < -0.4 is 15.6 Å². The van der Waals surface area contributed by atoms with E-state index in [1.54, 1.807) is 10.7 Å². The number of anilines is 1. The number of fused-ring (bicyclic) bond motifs is 3. The number of halogens is 1. The lowest BCUT2D eigenvalue weighted by atomic mass is 10.0. The van der Waals surface area contributed by atoms with Gasteiger partial charge in [-0.05, 0) is 41.4 Å². The topological polar surface area (TPSA) is 81.9 Å². The van der Waals surface area contributed by atoms with Gasteiger partial charge in [0.15, 0.2) is 0 Å². The molecule has 0 unspecified atom stereocenters. The van der Waals surface area contributed by atoms with Gasteiger partial charge in [-0.2, -0.15) is 0 Å². The van der Waals surface area contributed by atoms with Gasteiger partial charge < -0.3 is 10.4 Å². The number of benzene rings is 3. The summed E-state index contributed by atoms with van der Waals surface area (Å²) in [5, 5.41) is 19.0. The Morgan fingerprint density at radius 1 is 1.09 bits per heavy atom. The van der Waals surface area contributed by atoms with Crippen LogP contribution in [0.4, 0.5) is 5.69 Å². The molecule has 1 aromatic heterocycles. The van der Waals surface area contributed by atoms with Crippen LogP contribution in [-0.4, -0.2) is 15.2 Å². The molecule has 0 saturated heterocycles. The van der Waals surface area contributed by atoms with Crippen molar-refractivity contribution >= 4 is 29.1 Å². The summed E-state index contributed by atoms with van der Waals surface area (Å²) in [5.74, 6) is 0.648. The van der Waals surface area contributed by atoms with Crippen LogP contribution in [0.1, 0.15) is 22.9 Å². The predicted molar refractivity (Wildman–Crippen MR) is 126 cm³/mol. The fourth-order valence-corrected chi connectivity index (χ4v) is 4.78. The van der Waals surface area contributed by atoms with E-state index < -0.39 is 6.17 Å². The van der Waals surface area contributed by atoms with Gasteiger partial charge in [0.25, 0.3) is 6.17 Å². The second kappa shape index (κ2) is 8.33. The maximum absolute atomic E-state index is 13.2. The number of rotatable bonds is 4. The Kier molecular flexibility index (Phi) is 5.36. The Balaban J connectivity index is 1.60. The highest BCUT2D eigenvalue weighted by molar-refractivity contribution is 7.98. The lowest BCUT2D eigenvalue weighted by Crippen LogP contribution is -2.55. The zero-order valence-corrected chi connectivity index (χ0v) is 18.7. The summed E-state index contributed by atoms with van der Waals surface area (Å²) in [6.45, 7) is 2.05. The number of hydrogen-bond donors (Lipinski definition) is 3. The van der Waals surface area contributed by atoms with Crippen LogP contribution in [0, 0.1) is 6.92 Å². The molecule has 6 nitrogen and oxygen atoms in total. The number of aryl methyl sites for hydroxylation is 1. The van der Waals surface area contributed by atoms with E-state index in [0.29, 0.717) is 22.2 Å². The lowest BCUT2D eigenvalue weighted by Gasteiger charge is -2.23. The second-order valence-corrected chi connectivity index (χ2v) is 8.94. The maximum atomic E-state index is 13.2. The van der Waals surface area contributed by atoms with Crippen LogP contribution in [0.3, 0.4) is 0 Å². The normalized spacial score (nSPS) is 14.4. The van der Waals surface area contributed by atoms with Gasteiger partial charge in [-0.3, -0.25) is 9.78 Å². The molecule has 0 fully saturated rings. The molecule has 8 heteroatoms. The summed E-state index contributed by atoms with van der Waals surface area (Å²) in [5.41, 5.74) is 4.71. The Morgan fingerprint density at radius 2 is 1.88 bits per heavy atom. The summed E-state index contributed by atoms with van der Waals surface area (Å²) in [4.78, 5) is 16.1. The van der Waals surface area contributed by atoms with E-state index in [2.05, 4.69) is 34.6 Å². The molecule has 0 aliphatic carbocycles. The molecule has 3 aromatic carbocycles. The molecule has 0 radical (unpaired) electrons. The minimum absolute atomic E-state index is 0.0224. The fourth-order valence-electron chi connectivity index (χ4n) is 3.75. The van der Waals surface area contributed by atoms with Gasteiger partial charge in [-0.1, -0.05) is 71.4 Å². The highest BCUT2D eigenvalue weighted by atomic mass is 35.5. The van der Waals surface area contributed by atoms with Crippen molar-refractivity contribution in [2.24, 2.45) is 0 Å². The van der Waals surface area contributed by atoms with Crippen molar-refractivity contribution in [2.75, 3.05) is 5.32 Å². The Bertz CT molecular complexity index is 1370. The highest BCUT2D eigenvalue weighted by Crippen LogP contribution is 2.36. The molecule has 2 heterocycles. The van der Waals surface area contributed by atoms with Gasteiger partial charge in [0, 0.05) is 10.9 Å². The number of aromatic hydroxyl groups is 1. The van der Waals surface area contributed by atoms with Gasteiger partial charge >= 0.3 is 11.3 Å². The smallest absolute Gasteiger partial charge is 0.325 e. The number of aromatic amines is 1. The number of nitrogens with one attached hydrogen (secondary N) is 2. The predicted octanol–water partition coefficient (Wildman–Crippen LogP) is 4.66. The quantitative estimate of drug-likeness (QED) is 0.303. The van der Waals surface area contributed by atoms with E-state index in [-0.39, 0.29) is 16.3 Å². The van der Waals surface area contributed by atoms with Crippen LogP contribution in [-0.2, 0) is 5.75 Å². The number of phenols is 1. The first-order valence-electron chi connectivity index (χ1n) is 10.1.